The zero-order valence-corrected chi connectivity index (χ0v) is 14.5. The van der Waals surface area contributed by atoms with Crippen molar-refractivity contribution in [3.05, 3.63) is 35.9 Å². The molecule has 0 radical (unpaired) electrons. The zero-order chi connectivity index (χ0) is 18.6. The van der Waals surface area contributed by atoms with Crippen molar-refractivity contribution < 1.29 is 29.0 Å². The summed E-state index contributed by atoms with van der Waals surface area (Å²) in [6.07, 6.45) is -0.948. The summed E-state index contributed by atoms with van der Waals surface area (Å²) >= 11 is 0. The molecule has 2 N–H and O–H groups in total. The van der Waals surface area contributed by atoms with E-state index in [1.165, 1.54) is 0 Å². The number of aliphatic carboxylic acids is 1. The fraction of sp³-hybridized carbons (Fsp3) is 0.500. The third kappa shape index (κ3) is 5.48. The number of hydrogen-bond acceptors (Lipinski definition) is 5. The van der Waals surface area contributed by atoms with Crippen LogP contribution >= 0.6 is 0 Å². The Morgan fingerprint density at radius 3 is 2.48 bits per heavy atom. The number of alkyl carbamates (subject to hydrolysis) is 1. The van der Waals surface area contributed by atoms with E-state index in [4.69, 9.17) is 14.6 Å². The molecule has 1 aromatic rings. The number of esters is 1. The van der Waals surface area contributed by atoms with Gasteiger partial charge in [-0.15, -0.1) is 0 Å². The first kappa shape index (κ1) is 18.8. The maximum atomic E-state index is 12.1. The Balaban J connectivity index is 2.13. The van der Waals surface area contributed by atoms with Gasteiger partial charge in [-0.05, 0) is 32.8 Å². The van der Waals surface area contributed by atoms with Gasteiger partial charge >= 0.3 is 18.0 Å². The van der Waals surface area contributed by atoms with Crippen LogP contribution in [0, 0.1) is 5.92 Å². The van der Waals surface area contributed by atoms with Crippen molar-refractivity contribution in [1.29, 1.82) is 0 Å². The molecule has 1 saturated heterocycles. The predicted octanol–water partition coefficient (Wildman–Crippen LogP) is 2.14. The third-order valence-electron chi connectivity index (χ3n) is 3.77. The molecule has 1 aliphatic rings. The molecule has 1 heterocycles. The lowest BCUT2D eigenvalue weighted by atomic mass is 9.96. The van der Waals surface area contributed by atoms with E-state index in [0.717, 1.165) is 5.56 Å². The number of hydrogen-bond donors (Lipinski definition) is 2. The van der Waals surface area contributed by atoms with Gasteiger partial charge in [0.2, 0.25) is 0 Å². The molecule has 0 saturated carbocycles. The number of carboxylic acid groups (broad SMARTS) is 1. The van der Waals surface area contributed by atoms with Crippen molar-refractivity contribution >= 4 is 18.0 Å². The van der Waals surface area contributed by atoms with Crippen LogP contribution in [-0.2, 0) is 25.5 Å². The van der Waals surface area contributed by atoms with Crippen LogP contribution in [0.5, 0.6) is 0 Å². The Bertz CT molecular complexity index is 637. The molecule has 1 aromatic carbocycles. The van der Waals surface area contributed by atoms with Crippen LogP contribution in [0.4, 0.5) is 4.79 Å². The van der Waals surface area contributed by atoms with Gasteiger partial charge in [0.05, 0.1) is 6.04 Å². The van der Waals surface area contributed by atoms with Crippen LogP contribution in [-0.4, -0.2) is 40.9 Å². The number of carboxylic acids is 1. The topological polar surface area (TPSA) is 102 Å². The Morgan fingerprint density at radius 2 is 1.96 bits per heavy atom. The number of carbonyl (C=O) groups excluding carboxylic acids is 2. The predicted molar refractivity (Wildman–Crippen MR) is 88.9 cm³/mol. The van der Waals surface area contributed by atoms with Gasteiger partial charge in [-0.25, -0.2) is 4.79 Å². The number of cyclic esters (lactones) is 1. The van der Waals surface area contributed by atoms with Gasteiger partial charge < -0.3 is 19.9 Å². The Labute approximate surface area is 146 Å². The molecule has 25 heavy (non-hydrogen) atoms. The second-order valence-electron chi connectivity index (χ2n) is 7.04. The van der Waals surface area contributed by atoms with E-state index >= 15 is 0 Å². The average molecular weight is 349 g/mol. The second kappa shape index (κ2) is 7.55. The van der Waals surface area contributed by atoms with Gasteiger partial charge in [0, 0.05) is 6.42 Å². The van der Waals surface area contributed by atoms with Crippen molar-refractivity contribution in [3.63, 3.8) is 0 Å². The number of carbonyl (C=O) groups is 3. The smallest absolute Gasteiger partial charge is 0.408 e. The number of amides is 1. The van der Waals surface area contributed by atoms with Gasteiger partial charge in [-0.2, -0.15) is 0 Å². The van der Waals surface area contributed by atoms with Gasteiger partial charge in [0.15, 0.2) is 5.92 Å². The molecular weight excluding hydrogens is 326 g/mol. The van der Waals surface area contributed by atoms with E-state index in [2.05, 4.69) is 5.32 Å². The summed E-state index contributed by atoms with van der Waals surface area (Å²) in [4.78, 5) is 35.0. The Hall–Kier alpha value is -2.57. The van der Waals surface area contributed by atoms with Crippen LogP contribution in [0.1, 0.15) is 32.8 Å². The van der Waals surface area contributed by atoms with Crippen molar-refractivity contribution in [2.24, 2.45) is 5.92 Å². The normalized spacial score (nSPS) is 21.3. The molecule has 136 valence electrons. The minimum Gasteiger partial charge on any atom is -0.481 e. The molecule has 2 rings (SSSR count). The van der Waals surface area contributed by atoms with Crippen molar-refractivity contribution in [1.82, 2.24) is 5.32 Å². The monoisotopic (exact) mass is 349 g/mol. The highest BCUT2D eigenvalue weighted by Gasteiger charge is 2.43. The Kier molecular flexibility index (Phi) is 5.66. The van der Waals surface area contributed by atoms with E-state index in [9.17, 15) is 14.4 Å². The molecule has 1 aliphatic heterocycles. The van der Waals surface area contributed by atoms with Crippen LogP contribution in [0.25, 0.3) is 0 Å². The zero-order valence-electron chi connectivity index (χ0n) is 14.5. The first-order valence-electron chi connectivity index (χ1n) is 8.12. The number of rotatable bonds is 5. The summed E-state index contributed by atoms with van der Waals surface area (Å²) < 4.78 is 10.5. The van der Waals surface area contributed by atoms with Crippen molar-refractivity contribution in [2.75, 3.05) is 0 Å². The van der Waals surface area contributed by atoms with Gasteiger partial charge in [-0.1, -0.05) is 30.3 Å². The van der Waals surface area contributed by atoms with E-state index in [-0.39, 0.29) is 6.42 Å². The minimum atomic E-state index is -1.22. The van der Waals surface area contributed by atoms with Gasteiger partial charge in [0.1, 0.15) is 11.7 Å². The van der Waals surface area contributed by atoms with E-state index in [1.54, 1.807) is 20.8 Å². The quantitative estimate of drug-likeness (QED) is 0.624. The molecule has 0 aromatic heterocycles. The van der Waals surface area contributed by atoms with Gasteiger partial charge in [-0.3, -0.25) is 9.59 Å². The van der Waals surface area contributed by atoms with Gasteiger partial charge in [0.25, 0.3) is 0 Å². The molecule has 0 bridgehead atoms. The van der Waals surface area contributed by atoms with Crippen LogP contribution in [0.2, 0.25) is 0 Å². The Morgan fingerprint density at radius 1 is 1.32 bits per heavy atom. The fourth-order valence-electron chi connectivity index (χ4n) is 2.66. The maximum absolute atomic E-state index is 12.1. The molecule has 1 unspecified atom stereocenters. The van der Waals surface area contributed by atoms with Crippen LogP contribution in [0.15, 0.2) is 30.3 Å². The fourth-order valence-corrected chi connectivity index (χ4v) is 2.66. The lowest BCUT2D eigenvalue weighted by molar-refractivity contribution is -0.153. The maximum Gasteiger partial charge on any atom is 0.408 e. The minimum absolute atomic E-state index is 0.0153. The highest BCUT2D eigenvalue weighted by molar-refractivity contribution is 5.95. The molecule has 0 aliphatic carbocycles. The highest BCUT2D eigenvalue weighted by Crippen LogP contribution is 2.25. The van der Waals surface area contributed by atoms with E-state index in [0.29, 0.717) is 6.42 Å². The summed E-state index contributed by atoms with van der Waals surface area (Å²) in [5.74, 6) is -3.20. The number of nitrogens with one attached hydrogen (secondary N) is 1. The molecule has 1 fully saturated rings. The summed E-state index contributed by atoms with van der Waals surface area (Å²) in [5.41, 5.74) is 0.260. The molecule has 7 nitrogen and oxygen atoms in total. The highest BCUT2D eigenvalue weighted by atomic mass is 16.6. The number of ether oxygens (including phenoxy) is 2. The molecule has 0 spiro atoms. The molecule has 7 heteroatoms. The van der Waals surface area contributed by atoms with Crippen LogP contribution in [0.3, 0.4) is 0 Å². The SMILES string of the molecule is CC(C)(C)OC(=O)N[C@@H](Cc1ccccc1)[C@H]1CC(C(=O)O)C(=O)O1. The molecular formula is C18H23NO6. The summed E-state index contributed by atoms with van der Waals surface area (Å²) in [6, 6.07) is 8.78. The third-order valence-corrected chi connectivity index (χ3v) is 3.77. The number of benzene rings is 1. The van der Waals surface area contributed by atoms with Crippen LogP contribution < -0.4 is 5.32 Å². The molecule has 1 amide bonds. The van der Waals surface area contributed by atoms with Crippen molar-refractivity contribution in [3.8, 4) is 0 Å². The van der Waals surface area contributed by atoms with E-state index < -0.39 is 41.7 Å². The first-order chi connectivity index (χ1) is 11.7. The standard InChI is InChI=1S/C18H23NO6/c1-18(2,3)25-17(23)19-13(9-11-7-5-4-6-8-11)14-10-12(15(20)21)16(22)24-14/h4-8,12-14H,9-10H2,1-3H3,(H,19,23)(H,20,21)/t12?,13-,14+/m0/s1. The average Bonchev–Trinajstić information content (AvgIpc) is 2.88. The lowest BCUT2D eigenvalue weighted by Crippen LogP contribution is -2.46. The first-order valence-corrected chi connectivity index (χ1v) is 8.12. The summed E-state index contributed by atoms with van der Waals surface area (Å²) in [5, 5.41) is 11.8. The van der Waals surface area contributed by atoms with E-state index in [1.807, 2.05) is 30.3 Å². The second-order valence-corrected chi connectivity index (χ2v) is 7.04. The van der Waals surface area contributed by atoms with Crippen molar-refractivity contribution in [2.45, 2.75) is 51.4 Å². The summed E-state index contributed by atoms with van der Waals surface area (Å²) in [7, 11) is 0. The summed E-state index contributed by atoms with van der Waals surface area (Å²) in [6.45, 7) is 5.23. The lowest BCUT2D eigenvalue weighted by Gasteiger charge is -2.26. The molecule has 3 atom stereocenters. The largest absolute Gasteiger partial charge is 0.481 e.